The molecule has 0 rings (SSSR count). The number of carboxylic acid groups (broad SMARTS) is 1. The van der Waals surface area contributed by atoms with Gasteiger partial charge in [0, 0.05) is 0 Å². The molecule has 108 valence electrons. The Bertz CT molecular complexity index is 223. The Morgan fingerprint density at radius 1 is 0.947 bits per heavy atom. The predicted octanol–water partition coefficient (Wildman–Crippen LogP) is 2.63. The van der Waals surface area contributed by atoms with Crippen LogP contribution in [-0.2, 0) is 9.59 Å². The molecule has 0 aliphatic heterocycles. The van der Waals surface area contributed by atoms with Crippen molar-refractivity contribution >= 4 is 54.8 Å². The maximum absolute atomic E-state index is 10.7. The molecule has 0 spiro atoms. The third-order valence-electron chi connectivity index (χ3n) is 2.81. The molecular formula is C14H28KNO3. The van der Waals surface area contributed by atoms with Gasteiger partial charge in [0.15, 0.2) is 0 Å². The molecule has 0 aromatic carbocycles. The molecule has 0 bridgehead atoms. The van der Waals surface area contributed by atoms with E-state index in [9.17, 15) is 9.59 Å². The molecule has 0 saturated carbocycles. The van der Waals surface area contributed by atoms with Gasteiger partial charge in [0.25, 0.3) is 0 Å². The minimum Gasteiger partial charge on any atom is -0.480 e. The van der Waals surface area contributed by atoms with Crippen LogP contribution in [0.2, 0.25) is 0 Å². The van der Waals surface area contributed by atoms with Crippen LogP contribution >= 0.6 is 0 Å². The van der Waals surface area contributed by atoms with Crippen LogP contribution in [0.3, 0.4) is 0 Å². The normalized spacial score (nSPS) is 9.68. The summed E-state index contributed by atoms with van der Waals surface area (Å²) in [4.78, 5) is 20.0. The monoisotopic (exact) mass is 297 g/mol. The summed E-state index contributed by atoms with van der Waals surface area (Å²) in [6, 6.07) is 0. The van der Waals surface area contributed by atoms with Crippen molar-refractivity contribution in [3.8, 4) is 0 Å². The zero-order valence-electron chi connectivity index (χ0n) is 12.6. The van der Waals surface area contributed by atoms with Gasteiger partial charge in [-0.2, -0.15) is 0 Å². The van der Waals surface area contributed by atoms with Crippen LogP contribution in [0.25, 0.3) is 0 Å². The third kappa shape index (κ3) is 27.8. The van der Waals surface area contributed by atoms with Crippen molar-refractivity contribution in [1.82, 2.24) is 0 Å². The molecule has 0 atom stereocenters. The van der Waals surface area contributed by atoms with Crippen LogP contribution in [0.15, 0.2) is 0 Å². The van der Waals surface area contributed by atoms with E-state index >= 15 is 0 Å². The van der Waals surface area contributed by atoms with Gasteiger partial charge in [-0.05, 0) is 0 Å². The second kappa shape index (κ2) is 18.7. The van der Waals surface area contributed by atoms with E-state index in [2.05, 4.69) is 12.7 Å². The third-order valence-corrected chi connectivity index (χ3v) is 3.59. The molecule has 0 fully saturated rings. The Morgan fingerprint density at radius 2 is 1.32 bits per heavy atom. The number of rotatable bonds is 11. The van der Waals surface area contributed by atoms with Crippen LogP contribution in [0.5, 0.6) is 0 Å². The fourth-order valence-corrected chi connectivity index (χ4v) is 2.24. The molecule has 5 heteroatoms. The van der Waals surface area contributed by atoms with E-state index in [0.29, 0.717) is 48.8 Å². The van der Waals surface area contributed by atoms with Crippen LogP contribution in [0.1, 0.15) is 71.1 Å². The average Bonchev–Trinajstić information content (AvgIpc) is 2.37. The van der Waals surface area contributed by atoms with E-state index in [-0.39, 0.29) is 6.54 Å². The van der Waals surface area contributed by atoms with Crippen LogP contribution in [-0.4, -0.2) is 66.5 Å². The summed E-state index contributed by atoms with van der Waals surface area (Å²) in [7, 11) is 0. The van der Waals surface area contributed by atoms with E-state index in [0.717, 1.165) is 12.8 Å². The topological polar surface area (TPSA) is 80.4 Å². The minimum atomic E-state index is -0.968. The molecule has 4 nitrogen and oxygen atoms in total. The summed E-state index contributed by atoms with van der Waals surface area (Å²) in [5.74, 6) is -0.968. The number of hydrogen-bond acceptors (Lipinski definition) is 3. The SMILES string of the molecule is CCCCCCCCCCC[C](=O)[K].NCC(=O)O. The Labute approximate surface area is 151 Å². The van der Waals surface area contributed by atoms with E-state index in [1.165, 1.54) is 51.4 Å². The van der Waals surface area contributed by atoms with Gasteiger partial charge in [0.2, 0.25) is 0 Å². The quantitative estimate of drug-likeness (QED) is 0.454. The Morgan fingerprint density at radius 3 is 1.63 bits per heavy atom. The van der Waals surface area contributed by atoms with Gasteiger partial charge in [0.05, 0.1) is 6.54 Å². The molecule has 0 amide bonds. The first-order valence-electron chi connectivity index (χ1n) is 7.45. The number of nitrogens with two attached hydrogens (primary N) is 1. The van der Waals surface area contributed by atoms with Gasteiger partial charge in [-0.3, -0.25) is 4.79 Å². The number of carbonyl (C=O) groups excluding carboxylic acids is 1. The molecule has 0 heterocycles. The largest absolute Gasteiger partial charge is 0.480 e. The van der Waals surface area contributed by atoms with Crippen molar-refractivity contribution in [2.75, 3.05) is 6.54 Å². The zero-order valence-corrected chi connectivity index (χ0v) is 15.7. The van der Waals surface area contributed by atoms with Crippen LogP contribution in [0.4, 0.5) is 0 Å². The molecule has 19 heavy (non-hydrogen) atoms. The number of carboxylic acids is 1. The van der Waals surface area contributed by atoms with Crippen molar-refractivity contribution in [2.24, 2.45) is 5.73 Å². The van der Waals surface area contributed by atoms with Gasteiger partial charge in [-0.15, -0.1) is 0 Å². The molecule has 3 N–H and O–H groups in total. The first kappa shape index (κ1) is 22.0. The molecule has 0 aliphatic rings. The summed E-state index contributed by atoms with van der Waals surface area (Å²) in [6.07, 6.45) is 13.0. The molecule has 0 aromatic rings. The second-order valence-corrected chi connectivity index (χ2v) is 6.62. The molecule has 0 radical (unpaired) electrons. The summed E-state index contributed by atoms with van der Waals surface area (Å²) < 4.78 is 0.528. The average molecular weight is 297 g/mol. The van der Waals surface area contributed by atoms with Crippen molar-refractivity contribution in [3.63, 3.8) is 0 Å². The van der Waals surface area contributed by atoms with Crippen molar-refractivity contribution in [2.45, 2.75) is 71.1 Å². The van der Waals surface area contributed by atoms with Gasteiger partial charge >= 0.3 is 131 Å². The molecule has 0 saturated heterocycles. The van der Waals surface area contributed by atoms with Crippen LogP contribution in [0, 0.1) is 0 Å². The summed E-state index contributed by atoms with van der Waals surface area (Å²) >= 11 is 0.424. The zero-order chi connectivity index (χ0) is 14.9. The molecule has 0 aliphatic carbocycles. The number of aliphatic carboxylic acids is 1. The summed E-state index contributed by atoms with van der Waals surface area (Å²) in [5.41, 5.74) is 4.57. The fraction of sp³-hybridized carbons (Fsp3) is 0.857. The van der Waals surface area contributed by atoms with Gasteiger partial charge in [-0.25, -0.2) is 0 Å². The maximum atomic E-state index is 10.7. The molecule has 0 aromatic heterocycles. The van der Waals surface area contributed by atoms with E-state index in [1.807, 2.05) is 0 Å². The summed E-state index contributed by atoms with van der Waals surface area (Å²) in [6.45, 7) is 1.98. The van der Waals surface area contributed by atoms with Crippen molar-refractivity contribution in [3.05, 3.63) is 0 Å². The van der Waals surface area contributed by atoms with Crippen LogP contribution < -0.4 is 5.73 Å². The predicted molar refractivity (Wildman–Crippen MR) is 79.3 cm³/mol. The fourth-order valence-electron chi connectivity index (χ4n) is 1.68. The van der Waals surface area contributed by atoms with Crippen molar-refractivity contribution < 1.29 is 14.7 Å². The van der Waals surface area contributed by atoms with E-state index in [1.54, 1.807) is 0 Å². The summed E-state index contributed by atoms with van der Waals surface area (Å²) in [5, 5.41) is 7.60. The van der Waals surface area contributed by atoms with Gasteiger partial charge < -0.3 is 10.8 Å². The molecule has 0 unspecified atom stereocenters. The Hall–Kier alpha value is 0.736. The van der Waals surface area contributed by atoms with E-state index in [4.69, 9.17) is 5.11 Å². The Kier molecular flexibility index (Phi) is 21.7. The standard InChI is InChI=1S/C12H23O.C2H5NO2.K/c1-2-3-4-5-6-7-8-9-10-11-12-13;3-1-2(4)5;/h2-11H2,1H3;1,3H2,(H,4,5);. The maximum Gasteiger partial charge on any atom is 0.317 e. The Balaban J connectivity index is 0. The first-order chi connectivity index (χ1) is 9.04. The van der Waals surface area contributed by atoms with E-state index < -0.39 is 5.97 Å². The number of unbranched alkanes of at least 4 members (excludes halogenated alkanes) is 8. The minimum absolute atomic E-state index is 0.278. The molecular weight excluding hydrogens is 269 g/mol. The smallest absolute Gasteiger partial charge is 0.317 e. The van der Waals surface area contributed by atoms with Gasteiger partial charge in [-0.1, -0.05) is 0 Å². The van der Waals surface area contributed by atoms with Crippen molar-refractivity contribution in [1.29, 1.82) is 0 Å². The number of carbonyl (C=O) groups is 2. The van der Waals surface area contributed by atoms with Gasteiger partial charge in [0.1, 0.15) is 0 Å². The number of hydrogen-bond donors (Lipinski definition) is 2. The second-order valence-electron chi connectivity index (χ2n) is 4.88. The first-order valence-corrected chi connectivity index (χ1v) is 9.02.